The SMILES string of the molecule is CC[C@H](N)c1ccccc1OC1CC(C)OC(C)C1. The first-order valence-corrected chi connectivity index (χ1v) is 7.26. The van der Waals surface area contributed by atoms with Crippen molar-refractivity contribution in [2.75, 3.05) is 0 Å². The molecule has 0 bridgehead atoms. The first-order chi connectivity index (χ1) is 9.10. The van der Waals surface area contributed by atoms with E-state index in [-0.39, 0.29) is 24.4 Å². The first kappa shape index (κ1) is 14.4. The lowest BCUT2D eigenvalue weighted by Gasteiger charge is -2.33. The Balaban J connectivity index is 2.10. The van der Waals surface area contributed by atoms with Crippen molar-refractivity contribution in [3.63, 3.8) is 0 Å². The molecule has 1 aliphatic heterocycles. The van der Waals surface area contributed by atoms with Crippen LogP contribution in [-0.2, 0) is 4.74 Å². The van der Waals surface area contributed by atoms with Crippen LogP contribution in [0.2, 0.25) is 0 Å². The molecule has 3 nitrogen and oxygen atoms in total. The second-order valence-corrected chi connectivity index (χ2v) is 5.52. The average Bonchev–Trinajstić information content (AvgIpc) is 2.37. The van der Waals surface area contributed by atoms with E-state index in [9.17, 15) is 0 Å². The molecule has 0 aromatic heterocycles. The highest BCUT2D eigenvalue weighted by molar-refractivity contribution is 5.35. The standard InChI is InChI=1S/C16H25NO2/c1-4-15(17)14-7-5-6-8-16(14)19-13-9-11(2)18-12(3)10-13/h5-8,11-13,15H,4,9-10,17H2,1-3H3/t11?,12?,13?,15-/m0/s1. The van der Waals surface area contributed by atoms with Crippen molar-refractivity contribution in [2.24, 2.45) is 5.73 Å². The summed E-state index contributed by atoms with van der Waals surface area (Å²) in [5.74, 6) is 0.933. The van der Waals surface area contributed by atoms with Crippen molar-refractivity contribution in [3.8, 4) is 5.75 Å². The van der Waals surface area contributed by atoms with Gasteiger partial charge in [0.1, 0.15) is 11.9 Å². The molecule has 1 aromatic rings. The third-order valence-electron chi connectivity index (χ3n) is 3.71. The summed E-state index contributed by atoms with van der Waals surface area (Å²) in [7, 11) is 0. The smallest absolute Gasteiger partial charge is 0.124 e. The van der Waals surface area contributed by atoms with E-state index >= 15 is 0 Å². The predicted molar refractivity (Wildman–Crippen MR) is 77.3 cm³/mol. The normalized spacial score (nSPS) is 28.9. The lowest BCUT2D eigenvalue weighted by atomic mass is 10.0. The van der Waals surface area contributed by atoms with E-state index in [1.165, 1.54) is 0 Å². The monoisotopic (exact) mass is 263 g/mol. The van der Waals surface area contributed by atoms with E-state index in [0.717, 1.165) is 30.6 Å². The Labute approximate surface area is 116 Å². The number of ether oxygens (including phenoxy) is 2. The molecule has 1 aromatic carbocycles. The molecule has 2 rings (SSSR count). The summed E-state index contributed by atoms with van der Waals surface area (Å²) in [6.07, 6.45) is 3.56. The number of nitrogens with two attached hydrogens (primary N) is 1. The van der Waals surface area contributed by atoms with Gasteiger partial charge in [0, 0.05) is 24.4 Å². The van der Waals surface area contributed by atoms with Crippen LogP contribution in [0.1, 0.15) is 51.6 Å². The Morgan fingerprint density at radius 1 is 1.26 bits per heavy atom. The molecule has 1 heterocycles. The van der Waals surface area contributed by atoms with E-state index in [0.29, 0.717) is 0 Å². The molecule has 1 saturated heterocycles. The van der Waals surface area contributed by atoms with Crippen LogP contribution >= 0.6 is 0 Å². The summed E-state index contributed by atoms with van der Waals surface area (Å²) in [6, 6.07) is 8.16. The number of benzene rings is 1. The van der Waals surface area contributed by atoms with Crippen LogP contribution in [0.4, 0.5) is 0 Å². The van der Waals surface area contributed by atoms with Gasteiger partial charge < -0.3 is 15.2 Å². The van der Waals surface area contributed by atoms with Gasteiger partial charge in [-0.3, -0.25) is 0 Å². The van der Waals surface area contributed by atoms with Gasteiger partial charge in [-0.2, -0.15) is 0 Å². The highest BCUT2D eigenvalue weighted by atomic mass is 16.5. The van der Waals surface area contributed by atoms with Gasteiger partial charge in [0.25, 0.3) is 0 Å². The fraction of sp³-hybridized carbons (Fsp3) is 0.625. The molecule has 2 unspecified atom stereocenters. The molecule has 0 aliphatic carbocycles. The zero-order valence-corrected chi connectivity index (χ0v) is 12.1. The number of hydrogen-bond donors (Lipinski definition) is 1. The van der Waals surface area contributed by atoms with E-state index < -0.39 is 0 Å². The molecule has 106 valence electrons. The molecule has 1 fully saturated rings. The van der Waals surface area contributed by atoms with Gasteiger partial charge in [-0.25, -0.2) is 0 Å². The molecule has 19 heavy (non-hydrogen) atoms. The summed E-state index contributed by atoms with van der Waals surface area (Å²) in [4.78, 5) is 0. The van der Waals surface area contributed by atoms with Gasteiger partial charge in [-0.15, -0.1) is 0 Å². The number of hydrogen-bond acceptors (Lipinski definition) is 3. The largest absolute Gasteiger partial charge is 0.490 e. The van der Waals surface area contributed by atoms with Crippen LogP contribution in [0, 0.1) is 0 Å². The summed E-state index contributed by atoms with van der Waals surface area (Å²) < 4.78 is 11.9. The van der Waals surface area contributed by atoms with Gasteiger partial charge in [0.05, 0.1) is 12.2 Å². The van der Waals surface area contributed by atoms with E-state index in [4.69, 9.17) is 15.2 Å². The molecule has 0 amide bonds. The van der Waals surface area contributed by atoms with Crippen LogP contribution in [0.15, 0.2) is 24.3 Å². The van der Waals surface area contributed by atoms with Crippen LogP contribution < -0.4 is 10.5 Å². The molecule has 2 N–H and O–H groups in total. The quantitative estimate of drug-likeness (QED) is 0.905. The summed E-state index contributed by atoms with van der Waals surface area (Å²) in [5, 5.41) is 0. The maximum absolute atomic E-state index is 6.19. The van der Waals surface area contributed by atoms with Crippen LogP contribution in [0.3, 0.4) is 0 Å². The minimum Gasteiger partial charge on any atom is -0.490 e. The van der Waals surface area contributed by atoms with E-state index in [1.807, 2.05) is 18.2 Å². The molecule has 1 aliphatic rings. The van der Waals surface area contributed by atoms with Gasteiger partial charge in [0.2, 0.25) is 0 Å². The molecule has 3 heteroatoms. The fourth-order valence-corrected chi connectivity index (χ4v) is 2.73. The van der Waals surface area contributed by atoms with Crippen molar-refractivity contribution in [1.82, 2.24) is 0 Å². The first-order valence-electron chi connectivity index (χ1n) is 7.26. The number of para-hydroxylation sites is 1. The minimum atomic E-state index is 0.0471. The molecular formula is C16H25NO2. The Bertz CT molecular complexity index is 397. The molecule has 0 spiro atoms. The lowest BCUT2D eigenvalue weighted by Crippen LogP contribution is -2.36. The highest BCUT2D eigenvalue weighted by Crippen LogP contribution is 2.29. The Morgan fingerprint density at radius 3 is 2.53 bits per heavy atom. The van der Waals surface area contributed by atoms with Crippen molar-refractivity contribution in [1.29, 1.82) is 0 Å². The fourth-order valence-electron chi connectivity index (χ4n) is 2.73. The number of rotatable bonds is 4. The van der Waals surface area contributed by atoms with Crippen LogP contribution in [0.5, 0.6) is 5.75 Å². The van der Waals surface area contributed by atoms with E-state index in [1.54, 1.807) is 0 Å². The minimum absolute atomic E-state index is 0.0471. The lowest BCUT2D eigenvalue weighted by molar-refractivity contribution is -0.0723. The van der Waals surface area contributed by atoms with Gasteiger partial charge in [-0.05, 0) is 26.3 Å². The predicted octanol–water partition coefficient (Wildman–Crippen LogP) is 3.43. The van der Waals surface area contributed by atoms with Gasteiger partial charge >= 0.3 is 0 Å². The van der Waals surface area contributed by atoms with Gasteiger partial charge in [0.15, 0.2) is 0 Å². The Kier molecular flexibility index (Phi) is 4.83. The summed E-state index contributed by atoms with van der Waals surface area (Å²) in [6.45, 7) is 6.31. The highest BCUT2D eigenvalue weighted by Gasteiger charge is 2.26. The summed E-state index contributed by atoms with van der Waals surface area (Å²) in [5.41, 5.74) is 7.26. The van der Waals surface area contributed by atoms with Crippen LogP contribution in [0.25, 0.3) is 0 Å². The third-order valence-corrected chi connectivity index (χ3v) is 3.71. The third kappa shape index (κ3) is 3.71. The second-order valence-electron chi connectivity index (χ2n) is 5.52. The van der Waals surface area contributed by atoms with Crippen molar-refractivity contribution in [2.45, 2.75) is 64.4 Å². The van der Waals surface area contributed by atoms with Gasteiger partial charge in [-0.1, -0.05) is 25.1 Å². The molecule has 0 saturated carbocycles. The Hall–Kier alpha value is -1.06. The average molecular weight is 263 g/mol. The molecule has 3 atom stereocenters. The molecular weight excluding hydrogens is 238 g/mol. The van der Waals surface area contributed by atoms with Crippen LogP contribution in [-0.4, -0.2) is 18.3 Å². The maximum atomic E-state index is 6.19. The van der Waals surface area contributed by atoms with Crippen molar-refractivity contribution in [3.05, 3.63) is 29.8 Å². The second kappa shape index (κ2) is 6.40. The maximum Gasteiger partial charge on any atom is 0.124 e. The topological polar surface area (TPSA) is 44.5 Å². The zero-order valence-electron chi connectivity index (χ0n) is 12.1. The summed E-state index contributed by atoms with van der Waals surface area (Å²) >= 11 is 0. The Morgan fingerprint density at radius 2 is 1.89 bits per heavy atom. The molecule has 0 radical (unpaired) electrons. The zero-order chi connectivity index (χ0) is 13.8. The van der Waals surface area contributed by atoms with Crippen molar-refractivity contribution < 1.29 is 9.47 Å². The van der Waals surface area contributed by atoms with Crippen molar-refractivity contribution >= 4 is 0 Å². The van der Waals surface area contributed by atoms with E-state index in [2.05, 4.69) is 26.8 Å².